The van der Waals surface area contributed by atoms with Gasteiger partial charge in [-0.1, -0.05) is 109 Å². The van der Waals surface area contributed by atoms with Gasteiger partial charge < -0.3 is 9.13 Å². The SMILES string of the molecule is C1=CCC(C2=CCCC(n3c4ccccc4c4cc(-c5ccc6c(c5)c5ccccc5n6-c5ccc(C6=CCCC=C6)cc5)ccc43)=C2)C=C1. The molecule has 2 heterocycles. The molecule has 0 aliphatic heterocycles. The number of hydrogen-bond acceptors (Lipinski definition) is 0. The Morgan fingerprint density at radius 3 is 1.86 bits per heavy atom. The molecule has 0 amide bonds. The van der Waals surface area contributed by atoms with Crippen molar-refractivity contribution >= 4 is 54.9 Å². The van der Waals surface area contributed by atoms with E-state index in [1.54, 1.807) is 0 Å². The number of para-hydroxylation sites is 2. The Morgan fingerprint density at radius 1 is 0.520 bits per heavy atom. The maximum absolute atomic E-state index is 2.52. The number of benzene rings is 5. The van der Waals surface area contributed by atoms with Crippen LogP contribution in [0.4, 0.5) is 0 Å². The van der Waals surface area contributed by atoms with Crippen molar-refractivity contribution in [3.63, 3.8) is 0 Å². The van der Waals surface area contributed by atoms with Gasteiger partial charge in [-0.05, 0) is 115 Å². The molecule has 240 valence electrons. The van der Waals surface area contributed by atoms with Gasteiger partial charge in [0.1, 0.15) is 0 Å². The number of nitrogens with zero attached hydrogens (tertiary/aromatic N) is 2. The van der Waals surface area contributed by atoms with E-state index >= 15 is 0 Å². The summed E-state index contributed by atoms with van der Waals surface area (Å²) in [5, 5.41) is 5.17. The summed E-state index contributed by atoms with van der Waals surface area (Å²) in [5.74, 6) is 0.465. The molecule has 1 unspecified atom stereocenters. The van der Waals surface area contributed by atoms with Gasteiger partial charge in [-0.25, -0.2) is 0 Å². The highest BCUT2D eigenvalue weighted by Crippen LogP contribution is 2.40. The fourth-order valence-corrected chi connectivity index (χ4v) is 8.50. The van der Waals surface area contributed by atoms with Crippen LogP contribution in [-0.2, 0) is 0 Å². The van der Waals surface area contributed by atoms with Gasteiger partial charge in [0.25, 0.3) is 0 Å². The summed E-state index contributed by atoms with van der Waals surface area (Å²) in [7, 11) is 0. The second-order valence-electron chi connectivity index (χ2n) is 13.9. The summed E-state index contributed by atoms with van der Waals surface area (Å²) >= 11 is 0. The van der Waals surface area contributed by atoms with Gasteiger partial charge in [0.05, 0.1) is 22.1 Å². The van der Waals surface area contributed by atoms with Crippen LogP contribution in [0.1, 0.15) is 37.7 Å². The topological polar surface area (TPSA) is 9.86 Å². The standard InChI is InChI=1S/C48H38N2/c1-3-12-33(13-4-1)35-22-26-39(27-23-35)49-45-20-9-7-18-41(45)43-31-37(24-28-47(43)49)38-25-29-48-44(32-38)42-19-8-10-21-46(42)50(48)40-17-11-16-36(30-40)34-14-5-2-6-15-34/h2-3,5-10,12-14,16,18-32,34H,1,4,11,15,17H2. The summed E-state index contributed by atoms with van der Waals surface area (Å²) in [6.45, 7) is 0. The minimum Gasteiger partial charge on any atom is -0.313 e. The molecule has 2 aromatic heterocycles. The third kappa shape index (κ3) is 4.78. The molecule has 1 atom stereocenters. The van der Waals surface area contributed by atoms with Crippen molar-refractivity contribution < 1.29 is 0 Å². The molecular weight excluding hydrogens is 605 g/mol. The molecule has 10 rings (SSSR count). The highest BCUT2D eigenvalue weighted by molar-refractivity contribution is 6.13. The van der Waals surface area contributed by atoms with Crippen LogP contribution in [0.2, 0.25) is 0 Å². The molecular formula is C48H38N2. The number of allylic oxidation sites excluding steroid dienone is 12. The first-order chi connectivity index (χ1) is 24.8. The van der Waals surface area contributed by atoms with Crippen molar-refractivity contribution in [3.05, 3.63) is 175 Å². The van der Waals surface area contributed by atoms with E-state index in [2.05, 4.69) is 173 Å². The molecule has 0 radical (unpaired) electrons. The van der Waals surface area contributed by atoms with Gasteiger partial charge in [-0.2, -0.15) is 0 Å². The van der Waals surface area contributed by atoms with Gasteiger partial charge in [-0.15, -0.1) is 0 Å². The Balaban J connectivity index is 1.07. The monoisotopic (exact) mass is 642 g/mol. The predicted octanol–water partition coefficient (Wildman–Crippen LogP) is 13.0. The molecule has 0 spiro atoms. The fraction of sp³-hybridized carbons (Fsp3) is 0.125. The number of rotatable bonds is 5. The molecule has 0 saturated heterocycles. The molecule has 2 heteroatoms. The highest BCUT2D eigenvalue weighted by Gasteiger charge is 2.20. The largest absolute Gasteiger partial charge is 0.313 e. The van der Waals surface area contributed by atoms with Crippen LogP contribution < -0.4 is 0 Å². The molecule has 50 heavy (non-hydrogen) atoms. The van der Waals surface area contributed by atoms with Crippen LogP contribution in [-0.4, -0.2) is 9.13 Å². The van der Waals surface area contributed by atoms with E-state index in [9.17, 15) is 0 Å². The van der Waals surface area contributed by atoms with Gasteiger partial charge in [-0.3, -0.25) is 0 Å². The Labute approximate surface area is 293 Å². The molecule has 3 aliphatic carbocycles. The van der Waals surface area contributed by atoms with Crippen molar-refractivity contribution in [1.29, 1.82) is 0 Å². The van der Waals surface area contributed by atoms with Gasteiger partial charge >= 0.3 is 0 Å². The van der Waals surface area contributed by atoms with E-state index in [1.165, 1.54) is 82.8 Å². The van der Waals surface area contributed by atoms with Gasteiger partial charge in [0.2, 0.25) is 0 Å². The van der Waals surface area contributed by atoms with Gasteiger partial charge in [0, 0.05) is 38.8 Å². The van der Waals surface area contributed by atoms with Crippen molar-refractivity contribution in [2.24, 2.45) is 5.92 Å². The number of aromatic nitrogens is 2. The van der Waals surface area contributed by atoms with Crippen LogP contribution in [0, 0.1) is 5.92 Å². The van der Waals surface area contributed by atoms with Crippen LogP contribution in [0.3, 0.4) is 0 Å². The lowest BCUT2D eigenvalue weighted by molar-refractivity contribution is 0.768. The van der Waals surface area contributed by atoms with E-state index in [1.807, 2.05) is 0 Å². The molecule has 5 aromatic carbocycles. The first-order valence-corrected chi connectivity index (χ1v) is 18.1. The summed E-state index contributed by atoms with van der Waals surface area (Å²) < 4.78 is 4.94. The minimum atomic E-state index is 0.465. The maximum atomic E-state index is 2.52. The first kappa shape index (κ1) is 29.1. The Hall–Kier alpha value is -5.86. The lowest BCUT2D eigenvalue weighted by Crippen LogP contribution is -2.07. The van der Waals surface area contributed by atoms with E-state index in [0.29, 0.717) is 5.92 Å². The lowest BCUT2D eigenvalue weighted by Gasteiger charge is -2.22. The second-order valence-corrected chi connectivity index (χ2v) is 13.9. The molecule has 7 aromatic rings. The zero-order valence-corrected chi connectivity index (χ0v) is 28.1. The highest BCUT2D eigenvalue weighted by atomic mass is 15.0. The molecule has 0 fully saturated rings. The van der Waals surface area contributed by atoms with Gasteiger partial charge in [0.15, 0.2) is 0 Å². The molecule has 2 nitrogen and oxygen atoms in total. The minimum absolute atomic E-state index is 0.465. The maximum Gasteiger partial charge on any atom is 0.0541 e. The van der Waals surface area contributed by atoms with E-state index < -0.39 is 0 Å². The Kier molecular flexibility index (Phi) is 6.94. The van der Waals surface area contributed by atoms with E-state index in [0.717, 1.165) is 32.1 Å². The average molecular weight is 643 g/mol. The Bertz CT molecular complexity index is 2660. The summed E-state index contributed by atoms with van der Waals surface area (Å²) in [6, 6.07) is 40.9. The zero-order chi connectivity index (χ0) is 33.0. The number of fused-ring (bicyclic) bond motifs is 6. The molecule has 0 N–H and O–H groups in total. The third-order valence-electron chi connectivity index (χ3n) is 10.9. The lowest BCUT2D eigenvalue weighted by atomic mass is 9.88. The second kappa shape index (κ2) is 11.9. The Morgan fingerprint density at radius 2 is 1.18 bits per heavy atom. The summed E-state index contributed by atoms with van der Waals surface area (Å²) in [5.41, 5.74) is 14.1. The molecule has 3 aliphatic rings. The van der Waals surface area contributed by atoms with Crippen molar-refractivity contribution in [2.45, 2.75) is 32.1 Å². The van der Waals surface area contributed by atoms with E-state index in [4.69, 9.17) is 0 Å². The average Bonchev–Trinajstić information content (AvgIpc) is 3.71. The number of hydrogen-bond donors (Lipinski definition) is 0. The first-order valence-electron chi connectivity index (χ1n) is 18.1. The van der Waals surface area contributed by atoms with Crippen LogP contribution in [0.25, 0.3) is 71.7 Å². The van der Waals surface area contributed by atoms with E-state index in [-0.39, 0.29) is 0 Å². The quantitative estimate of drug-likeness (QED) is 0.177. The van der Waals surface area contributed by atoms with Crippen molar-refractivity contribution in [1.82, 2.24) is 9.13 Å². The normalized spacial score (nSPS) is 17.5. The van der Waals surface area contributed by atoms with Crippen molar-refractivity contribution in [2.75, 3.05) is 0 Å². The fourth-order valence-electron chi connectivity index (χ4n) is 8.50. The van der Waals surface area contributed by atoms with Crippen molar-refractivity contribution in [3.8, 4) is 16.8 Å². The van der Waals surface area contributed by atoms with Crippen LogP contribution in [0.5, 0.6) is 0 Å². The summed E-state index contributed by atoms with van der Waals surface area (Å²) in [4.78, 5) is 0. The van der Waals surface area contributed by atoms with Crippen LogP contribution in [0.15, 0.2) is 169 Å². The predicted molar refractivity (Wildman–Crippen MR) is 214 cm³/mol. The third-order valence-corrected chi connectivity index (χ3v) is 10.9. The van der Waals surface area contributed by atoms with Crippen LogP contribution >= 0.6 is 0 Å². The molecule has 0 saturated carbocycles. The summed E-state index contributed by atoms with van der Waals surface area (Å²) in [6.07, 6.45) is 26.2. The molecule has 0 bridgehead atoms. The zero-order valence-electron chi connectivity index (χ0n) is 28.1. The smallest absolute Gasteiger partial charge is 0.0541 e.